The fourth-order valence-electron chi connectivity index (χ4n) is 0.983. The Morgan fingerprint density at radius 3 is 2.50 bits per heavy atom. The van der Waals surface area contributed by atoms with Gasteiger partial charge in [-0.15, -0.1) is 0 Å². The molecular formula is C11H16N2O3. The third-order valence-electron chi connectivity index (χ3n) is 2.10. The zero-order valence-electron chi connectivity index (χ0n) is 9.96. The molecule has 1 N–H and O–H groups in total. The van der Waals surface area contributed by atoms with Crippen LogP contribution in [-0.4, -0.2) is 23.4 Å². The molecule has 16 heavy (non-hydrogen) atoms. The van der Waals surface area contributed by atoms with Gasteiger partial charge in [-0.3, -0.25) is 9.59 Å². The summed E-state index contributed by atoms with van der Waals surface area (Å²) in [5, 5.41) is 6.09. The molecule has 0 aliphatic rings. The van der Waals surface area contributed by atoms with Gasteiger partial charge in [0.25, 0.3) is 5.91 Å². The average molecular weight is 224 g/mol. The van der Waals surface area contributed by atoms with Crippen LogP contribution in [0, 0.1) is 12.3 Å². The van der Waals surface area contributed by atoms with Crippen LogP contribution >= 0.6 is 0 Å². The molecule has 0 unspecified atom stereocenters. The predicted octanol–water partition coefficient (Wildman–Crippen LogP) is 1.33. The maximum Gasteiger partial charge on any atom is 0.290 e. The summed E-state index contributed by atoms with van der Waals surface area (Å²) in [7, 11) is 0. The van der Waals surface area contributed by atoms with Crippen molar-refractivity contribution < 1.29 is 14.1 Å². The van der Waals surface area contributed by atoms with Gasteiger partial charge in [0, 0.05) is 11.5 Å². The van der Waals surface area contributed by atoms with Crippen molar-refractivity contribution in [3.8, 4) is 0 Å². The van der Waals surface area contributed by atoms with Crippen molar-refractivity contribution in [3.05, 3.63) is 17.5 Å². The van der Waals surface area contributed by atoms with Crippen LogP contribution in [0.4, 0.5) is 0 Å². The molecular weight excluding hydrogens is 208 g/mol. The zero-order chi connectivity index (χ0) is 12.3. The fraction of sp³-hybridized carbons (Fsp3) is 0.545. The third kappa shape index (κ3) is 3.18. The number of hydrogen-bond donors (Lipinski definition) is 1. The van der Waals surface area contributed by atoms with E-state index >= 15 is 0 Å². The van der Waals surface area contributed by atoms with E-state index in [9.17, 15) is 9.59 Å². The van der Waals surface area contributed by atoms with Crippen molar-refractivity contribution in [3.63, 3.8) is 0 Å². The Labute approximate surface area is 94.2 Å². The Kier molecular flexibility index (Phi) is 3.47. The normalized spacial score (nSPS) is 11.2. The van der Waals surface area contributed by atoms with Gasteiger partial charge in [0.2, 0.25) is 5.76 Å². The highest BCUT2D eigenvalue weighted by Gasteiger charge is 2.22. The number of aromatic nitrogens is 1. The Bertz CT molecular complexity index is 402. The molecule has 0 saturated heterocycles. The number of carbonyl (C=O) groups is 2. The predicted molar refractivity (Wildman–Crippen MR) is 58.0 cm³/mol. The summed E-state index contributed by atoms with van der Waals surface area (Å²) in [5.41, 5.74) is 0.178. The number of aryl methyl sites for hydroxylation is 1. The second-order valence-electron chi connectivity index (χ2n) is 4.69. The minimum Gasteiger partial charge on any atom is -0.351 e. The highest BCUT2D eigenvalue weighted by Crippen LogP contribution is 2.13. The summed E-state index contributed by atoms with van der Waals surface area (Å²) in [6.07, 6.45) is 0. The average Bonchev–Trinajstić information content (AvgIpc) is 2.59. The summed E-state index contributed by atoms with van der Waals surface area (Å²) in [6, 6.07) is 1.52. The summed E-state index contributed by atoms with van der Waals surface area (Å²) in [5.74, 6) is -0.325. The fourth-order valence-corrected chi connectivity index (χ4v) is 0.983. The number of rotatable bonds is 3. The van der Waals surface area contributed by atoms with Crippen LogP contribution in [0.2, 0.25) is 0 Å². The highest BCUT2D eigenvalue weighted by molar-refractivity contribution is 5.95. The monoisotopic (exact) mass is 224 g/mol. The second kappa shape index (κ2) is 4.47. The Morgan fingerprint density at radius 2 is 2.06 bits per heavy atom. The van der Waals surface area contributed by atoms with Crippen LogP contribution in [0.15, 0.2) is 10.6 Å². The molecule has 5 nitrogen and oxygen atoms in total. The number of carbonyl (C=O) groups excluding carboxylic acids is 2. The lowest BCUT2D eigenvalue weighted by Crippen LogP contribution is -2.35. The van der Waals surface area contributed by atoms with E-state index in [2.05, 4.69) is 10.5 Å². The van der Waals surface area contributed by atoms with E-state index in [0.29, 0.717) is 5.69 Å². The van der Waals surface area contributed by atoms with Gasteiger partial charge in [0.1, 0.15) is 0 Å². The van der Waals surface area contributed by atoms with Gasteiger partial charge in [-0.25, -0.2) is 0 Å². The van der Waals surface area contributed by atoms with Crippen molar-refractivity contribution in [2.45, 2.75) is 27.7 Å². The van der Waals surface area contributed by atoms with Gasteiger partial charge < -0.3 is 9.84 Å². The Hall–Kier alpha value is -1.65. The van der Waals surface area contributed by atoms with E-state index in [4.69, 9.17) is 4.52 Å². The van der Waals surface area contributed by atoms with Crippen LogP contribution in [0.1, 0.15) is 37.0 Å². The summed E-state index contributed by atoms with van der Waals surface area (Å²) in [4.78, 5) is 23.0. The minimum atomic E-state index is -0.454. The minimum absolute atomic E-state index is 0.00206. The molecule has 1 heterocycles. The molecule has 0 radical (unpaired) electrons. The van der Waals surface area contributed by atoms with Crippen LogP contribution in [0.5, 0.6) is 0 Å². The highest BCUT2D eigenvalue weighted by atomic mass is 16.5. The number of amides is 1. The van der Waals surface area contributed by atoms with E-state index in [1.165, 1.54) is 6.07 Å². The quantitative estimate of drug-likeness (QED) is 0.840. The largest absolute Gasteiger partial charge is 0.351 e. The van der Waals surface area contributed by atoms with E-state index in [0.717, 1.165) is 0 Å². The lowest BCUT2D eigenvalue weighted by atomic mass is 9.91. The number of ketones is 1. The first-order valence-corrected chi connectivity index (χ1v) is 5.05. The first kappa shape index (κ1) is 12.4. The van der Waals surface area contributed by atoms with E-state index in [1.807, 2.05) is 0 Å². The van der Waals surface area contributed by atoms with Crippen LogP contribution in [-0.2, 0) is 4.79 Å². The molecule has 1 rings (SSSR count). The maximum atomic E-state index is 11.5. The first-order chi connectivity index (χ1) is 7.30. The standard InChI is InChI=1S/C11H16N2O3/c1-7-5-8(16-13-7)10(15)12-6-9(14)11(2,3)4/h5H,6H2,1-4H3,(H,12,15). The molecule has 88 valence electrons. The van der Waals surface area contributed by atoms with Crippen molar-refractivity contribution in [2.24, 2.45) is 5.41 Å². The topological polar surface area (TPSA) is 72.2 Å². The lowest BCUT2D eigenvalue weighted by molar-refractivity contribution is -0.125. The third-order valence-corrected chi connectivity index (χ3v) is 2.10. The molecule has 1 aromatic rings. The van der Waals surface area contributed by atoms with Gasteiger partial charge in [0.05, 0.1) is 12.2 Å². The molecule has 5 heteroatoms. The van der Waals surface area contributed by atoms with E-state index in [1.54, 1.807) is 27.7 Å². The summed E-state index contributed by atoms with van der Waals surface area (Å²) >= 11 is 0. The maximum absolute atomic E-state index is 11.5. The van der Waals surface area contributed by atoms with Gasteiger partial charge >= 0.3 is 0 Å². The number of Topliss-reactive ketones (excluding diaryl/α,β-unsaturated/α-hetero) is 1. The van der Waals surface area contributed by atoms with Crippen molar-refractivity contribution in [1.82, 2.24) is 10.5 Å². The molecule has 0 bridgehead atoms. The molecule has 0 atom stereocenters. The van der Waals surface area contributed by atoms with Gasteiger partial charge in [-0.2, -0.15) is 0 Å². The second-order valence-corrected chi connectivity index (χ2v) is 4.69. The van der Waals surface area contributed by atoms with Crippen LogP contribution < -0.4 is 5.32 Å². The van der Waals surface area contributed by atoms with Crippen LogP contribution in [0.3, 0.4) is 0 Å². The molecule has 0 aliphatic carbocycles. The molecule has 0 fully saturated rings. The number of hydrogen-bond acceptors (Lipinski definition) is 4. The molecule has 0 aliphatic heterocycles. The Morgan fingerprint density at radius 1 is 1.44 bits per heavy atom. The van der Waals surface area contributed by atoms with Gasteiger partial charge in [0.15, 0.2) is 5.78 Å². The smallest absolute Gasteiger partial charge is 0.290 e. The first-order valence-electron chi connectivity index (χ1n) is 5.05. The SMILES string of the molecule is Cc1cc(C(=O)NCC(=O)C(C)(C)C)on1. The van der Waals surface area contributed by atoms with Crippen molar-refractivity contribution in [2.75, 3.05) is 6.54 Å². The van der Waals surface area contributed by atoms with Crippen molar-refractivity contribution in [1.29, 1.82) is 0 Å². The summed E-state index contributed by atoms with van der Waals surface area (Å²) < 4.78 is 4.77. The van der Waals surface area contributed by atoms with E-state index < -0.39 is 11.3 Å². The Balaban J connectivity index is 2.51. The number of nitrogens with one attached hydrogen (secondary N) is 1. The van der Waals surface area contributed by atoms with Crippen molar-refractivity contribution >= 4 is 11.7 Å². The molecule has 0 aromatic carbocycles. The molecule has 1 aromatic heterocycles. The van der Waals surface area contributed by atoms with E-state index in [-0.39, 0.29) is 18.1 Å². The van der Waals surface area contributed by atoms with Crippen LogP contribution in [0.25, 0.3) is 0 Å². The molecule has 1 amide bonds. The van der Waals surface area contributed by atoms with Gasteiger partial charge in [-0.05, 0) is 6.92 Å². The lowest BCUT2D eigenvalue weighted by Gasteiger charge is -2.16. The zero-order valence-corrected chi connectivity index (χ0v) is 9.96. The van der Waals surface area contributed by atoms with Gasteiger partial charge in [-0.1, -0.05) is 25.9 Å². The molecule has 0 saturated carbocycles. The summed E-state index contributed by atoms with van der Waals surface area (Å²) in [6.45, 7) is 7.14. The molecule has 0 spiro atoms. The number of nitrogens with zero attached hydrogens (tertiary/aromatic N) is 1.